The van der Waals surface area contributed by atoms with Crippen LogP contribution in [0.5, 0.6) is 5.75 Å². The second kappa shape index (κ2) is 9.14. The Morgan fingerprint density at radius 2 is 1.81 bits per heavy atom. The Morgan fingerprint density at radius 3 is 2.44 bits per heavy atom. The molecule has 3 rings (SSSR count). The summed E-state index contributed by atoms with van der Waals surface area (Å²) in [7, 11) is 0. The van der Waals surface area contributed by atoms with Crippen LogP contribution in [-0.2, 0) is 0 Å². The van der Waals surface area contributed by atoms with Gasteiger partial charge in [0.05, 0.1) is 17.3 Å². The summed E-state index contributed by atoms with van der Waals surface area (Å²) in [4.78, 5) is 14.8. The van der Waals surface area contributed by atoms with E-state index < -0.39 is 0 Å². The molecule has 0 saturated carbocycles. The molecule has 0 aromatic heterocycles. The Balaban J connectivity index is 1.62. The van der Waals surface area contributed by atoms with E-state index in [-0.39, 0.29) is 5.91 Å². The van der Waals surface area contributed by atoms with E-state index >= 15 is 0 Å². The summed E-state index contributed by atoms with van der Waals surface area (Å²) in [6.07, 6.45) is 3.68. The van der Waals surface area contributed by atoms with Crippen molar-refractivity contribution in [2.24, 2.45) is 5.92 Å². The summed E-state index contributed by atoms with van der Waals surface area (Å²) in [6.45, 7) is 6.94. The fraction of sp³-hybridized carbons (Fsp3) is 0.409. The molecule has 1 aliphatic heterocycles. The Hall–Kier alpha value is -2.20. The van der Waals surface area contributed by atoms with Crippen LogP contribution in [0, 0.1) is 5.92 Å². The number of nitrogens with zero attached hydrogens (tertiary/aromatic N) is 1. The van der Waals surface area contributed by atoms with Gasteiger partial charge in [0.25, 0.3) is 5.91 Å². The zero-order chi connectivity index (χ0) is 19.2. The van der Waals surface area contributed by atoms with E-state index in [1.165, 1.54) is 19.3 Å². The average molecular weight is 387 g/mol. The number of hydrogen-bond acceptors (Lipinski definition) is 3. The van der Waals surface area contributed by atoms with Crippen LogP contribution in [0.25, 0.3) is 0 Å². The van der Waals surface area contributed by atoms with Gasteiger partial charge in [-0.15, -0.1) is 0 Å². The Bertz CT molecular complexity index is 768. The number of ether oxygens (including phenoxy) is 1. The molecule has 0 radical (unpaired) electrons. The lowest BCUT2D eigenvalue weighted by Crippen LogP contribution is -2.29. The number of amides is 1. The van der Waals surface area contributed by atoms with E-state index in [2.05, 4.69) is 24.1 Å². The number of halogens is 1. The summed E-state index contributed by atoms with van der Waals surface area (Å²) in [5.41, 5.74) is 2.33. The van der Waals surface area contributed by atoms with Crippen molar-refractivity contribution in [3.05, 3.63) is 53.1 Å². The van der Waals surface area contributed by atoms with Crippen LogP contribution in [0.4, 0.5) is 11.4 Å². The van der Waals surface area contributed by atoms with Crippen LogP contribution in [0.15, 0.2) is 42.5 Å². The van der Waals surface area contributed by atoms with Gasteiger partial charge in [0, 0.05) is 24.3 Å². The minimum Gasteiger partial charge on any atom is -0.493 e. The van der Waals surface area contributed by atoms with Gasteiger partial charge in [-0.2, -0.15) is 0 Å². The first-order valence-electron chi connectivity index (χ1n) is 9.61. The second-order valence-electron chi connectivity index (χ2n) is 7.40. The van der Waals surface area contributed by atoms with E-state index in [9.17, 15) is 4.79 Å². The molecule has 1 aliphatic rings. The second-order valence-corrected chi connectivity index (χ2v) is 7.80. The van der Waals surface area contributed by atoms with Crippen molar-refractivity contribution in [2.75, 3.05) is 29.9 Å². The smallest absolute Gasteiger partial charge is 0.255 e. The lowest BCUT2D eigenvalue weighted by atomic mass is 10.1. The molecule has 0 atom stereocenters. The molecule has 2 aromatic rings. The molecule has 1 fully saturated rings. The first-order valence-corrected chi connectivity index (χ1v) is 9.99. The van der Waals surface area contributed by atoms with Gasteiger partial charge in [-0.25, -0.2) is 0 Å². The fourth-order valence-electron chi connectivity index (χ4n) is 3.14. The van der Waals surface area contributed by atoms with Crippen molar-refractivity contribution >= 4 is 28.9 Å². The lowest BCUT2D eigenvalue weighted by Gasteiger charge is -2.29. The third kappa shape index (κ3) is 5.39. The largest absolute Gasteiger partial charge is 0.493 e. The highest BCUT2D eigenvalue weighted by Crippen LogP contribution is 2.31. The molecule has 0 spiro atoms. The van der Waals surface area contributed by atoms with E-state index in [0.717, 1.165) is 24.5 Å². The molecule has 0 aliphatic carbocycles. The summed E-state index contributed by atoms with van der Waals surface area (Å²) < 4.78 is 5.65. The maximum absolute atomic E-state index is 12.5. The minimum atomic E-state index is -0.160. The predicted molar refractivity (Wildman–Crippen MR) is 112 cm³/mol. The molecule has 1 amide bonds. The molecule has 1 heterocycles. The topological polar surface area (TPSA) is 41.6 Å². The van der Waals surface area contributed by atoms with Crippen molar-refractivity contribution in [1.82, 2.24) is 0 Å². The quantitative estimate of drug-likeness (QED) is 0.700. The number of rotatable bonds is 6. The highest BCUT2D eigenvalue weighted by molar-refractivity contribution is 6.33. The number of nitrogens with one attached hydrogen (secondary N) is 1. The summed E-state index contributed by atoms with van der Waals surface area (Å²) in [5.74, 6) is 1.08. The maximum Gasteiger partial charge on any atom is 0.255 e. The van der Waals surface area contributed by atoms with Gasteiger partial charge >= 0.3 is 0 Å². The first kappa shape index (κ1) is 19.6. The third-order valence-corrected chi connectivity index (χ3v) is 4.90. The highest BCUT2D eigenvalue weighted by Gasteiger charge is 2.15. The number of benzene rings is 2. The number of carbonyl (C=O) groups is 1. The molecule has 5 heteroatoms. The SMILES string of the molecule is CC(C)COc1ccc(C(=O)Nc2ccc(N3CCCCC3)c(Cl)c2)cc1. The van der Waals surface area contributed by atoms with E-state index in [0.29, 0.717) is 28.8 Å². The average Bonchev–Trinajstić information content (AvgIpc) is 2.67. The molecule has 2 aromatic carbocycles. The normalized spacial score (nSPS) is 14.3. The van der Waals surface area contributed by atoms with Crippen molar-refractivity contribution in [3.63, 3.8) is 0 Å². The summed E-state index contributed by atoms with van der Waals surface area (Å²) >= 11 is 6.46. The monoisotopic (exact) mass is 386 g/mol. The third-order valence-electron chi connectivity index (χ3n) is 4.60. The Labute approximate surface area is 166 Å². The van der Waals surface area contributed by atoms with Crippen LogP contribution >= 0.6 is 11.6 Å². The van der Waals surface area contributed by atoms with Gasteiger partial charge < -0.3 is 15.0 Å². The molecular formula is C22H27ClN2O2. The number of piperidine rings is 1. The highest BCUT2D eigenvalue weighted by atomic mass is 35.5. The maximum atomic E-state index is 12.5. The summed E-state index contributed by atoms with van der Waals surface area (Å²) in [6, 6.07) is 12.9. The molecule has 144 valence electrons. The van der Waals surface area contributed by atoms with Crippen LogP contribution in [0.1, 0.15) is 43.5 Å². The van der Waals surface area contributed by atoms with E-state index in [1.807, 2.05) is 30.3 Å². The molecule has 27 heavy (non-hydrogen) atoms. The zero-order valence-corrected chi connectivity index (χ0v) is 16.8. The minimum absolute atomic E-state index is 0.160. The molecular weight excluding hydrogens is 360 g/mol. The van der Waals surface area contributed by atoms with Gasteiger partial charge in [0.2, 0.25) is 0 Å². The van der Waals surface area contributed by atoms with Crippen LogP contribution in [0.3, 0.4) is 0 Å². The molecule has 0 unspecified atom stereocenters. The predicted octanol–water partition coefficient (Wildman–Crippen LogP) is 5.62. The van der Waals surface area contributed by atoms with Gasteiger partial charge in [0.15, 0.2) is 0 Å². The summed E-state index contributed by atoms with van der Waals surface area (Å²) in [5, 5.41) is 3.59. The first-order chi connectivity index (χ1) is 13.0. The van der Waals surface area contributed by atoms with Crippen LogP contribution < -0.4 is 15.0 Å². The number of anilines is 2. The Kier molecular flexibility index (Phi) is 6.62. The van der Waals surface area contributed by atoms with Crippen molar-refractivity contribution in [2.45, 2.75) is 33.1 Å². The van der Waals surface area contributed by atoms with Crippen molar-refractivity contribution < 1.29 is 9.53 Å². The standard InChI is InChI=1S/C22H27ClN2O2/c1-16(2)15-27-19-9-6-17(7-10-19)22(26)24-18-8-11-21(20(23)14-18)25-12-4-3-5-13-25/h6-11,14,16H,3-5,12-13,15H2,1-2H3,(H,24,26). The zero-order valence-electron chi connectivity index (χ0n) is 16.0. The van der Waals surface area contributed by atoms with E-state index in [4.69, 9.17) is 16.3 Å². The molecule has 0 bridgehead atoms. The van der Waals surface area contributed by atoms with E-state index in [1.54, 1.807) is 12.1 Å². The lowest BCUT2D eigenvalue weighted by molar-refractivity contribution is 0.102. The fourth-order valence-corrected chi connectivity index (χ4v) is 3.44. The van der Waals surface area contributed by atoms with Crippen LogP contribution in [-0.4, -0.2) is 25.6 Å². The van der Waals surface area contributed by atoms with Gasteiger partial charge in [-0.1, -0.05) is 25.4 Å². The van der Waals surface area contributed by atoms with Crippen molar-refractivity contribution in [3.8, 4) is 5.75 Å². The van der Waals surface area contributed by atoms with Gasteiger partial charge in [0.1, 0.15) is 5.75 Å². The molecule has 1 N–H and O–H groups in total. The number of carbonyl (C=O) groups excluding carboxylic acids is 1. The molecule has 4 nitrogen and oxygen atoms in total. The van der Waals surface area contributed by atoms with Crippen molar-refractivity contribution in [1.29, 1.82) is 0 Å². The van der Waals surface area contributed by atoms with Gasteiger partial charge in [-0.05, 0) is 67.6 Å². The van der Waals surface area contributed by atoms with Crippen LogP contribution in [0.2, 0.25) is 5.02 Å². The van der Waals surface area contributed by atoms with Gasteiger partial charge in [-0.3, -0.25) is 4.79 Å². The Morgan fingerprint density at radius 1 is 1.11 bits per heavy atom. The molecule has 1 saturated heterocycles. The number of hydrogen-bond donors (Lipinski definition) is 1.